The molecule has 1 aliphatic rings. The van der Waals surface area contributed by atoms with Crippen molar-refractivity contribution in [1.29, 1.82) is 0 Å². The van der Waals surface area contributed by atoms with Gasteiger partial charge in [-0.2, -0.15) is 0 Å². The zero-order valence-corrected chi connectivity index (χ0v) is 12.3. The number of amides is 1. The van der Waals surface area contributed by atoms with Crippen LogP contribution in [0, 0.1) is 12.8 Å². The van der Waals surface area contributed by atoms with E-state index in [2.05, 4.69) is 10.3 Å². The molecule has 21 heavy (non-hydrogen) atoms. The molecule has 7 heteroatoms. The first-order chi connectivity index (χ1) is 9.90. The Morgan fingerprint density at radius 1 is 1.52 bits per heavy atom. The van der Waals surface area contributed by atoms with E-state index in [0.717, 1.165) is 6.42 Å². The van der Waals surface area contributed by atoms with E-state index in [-0.39, 0.29) is 24.6 Å². The molecule has 1 aromatic heterocycles. The number of carbonyl (C=O) groups is 1. The van der Waals surface area contributed by atoms with Crippen LogP contribution >= 0.6 is 0 Å². The summed E-state index contributed by atoms with van der Waals surface area (Å²) in [5.41, 5.74) is -0.643. The van der Waals surface area contributed by atoms with Gasteiger partial charge in [-0.05, 0) is 32.1 Å². The second-order valence-electron chi connectivity index (χ2n) is 5.67. The number of aryl methyl sites for hydroxylation is 1. The van der Waals surface area contributed by atoms with Gasteiger partial charge in [0.2, 0.25) is 5.91 Å². The monoisotopic (exact) mass is 295 g/mol. The summed E-state index contributed by atoms with van der Waals surface area (Å²) < 4.78 is 1.19. The summed E-state index contributed by atoms with van der Waals surface area (Å²) in [7, 11) is 0. The molecule has 0 spiro atoms. The van der Waals surface area contributed by atoms with E-state index in [1.807, 2.05) is 6.92 Å². The van der Waals surface area contributed by atoms with Crippen molar-refractivity contribution in [3.8, 4) is 0 Å². The van der Waals surface area contributed by atoms with E-state index in [4.69, 9.17) is 0 Å². The van der Waals surface area contributed by atoms with Gasteiger partial charge in [-0.1, -0.05) is 6.92 Å². The molecule has 3 N–H and O–H groups in total. The summed E-state index contributed by atoms with van der Waals surface area (Å²) in [6.07, 6.45) is 3.32. The molecular weight excluding hydrogens is 274 g/mol. The van der Waals surface area contributed by atoms with Gasteiger partial charge in [0.1, 0.15) is 6.54 Å². The molecule has 1 heterocycles. The van der Waals surface area contributed by atoms with Gasteiger partial charge < -0.3 is 10.4 Å². The van der Waals surface area contributed by atoms with Gasteiger partial charge in [-0.25, -0.2) is 4.79 Å². The lowest BCUT2D eigenvalue weighted by Gasteiger charge is -2.37. The van der Waals surface area contributed by atoms with Gasteiger partial charge in [-0.15, -0.1) is 0 Å². The van der Waals surface area contributed by atoms with E-state index in [0.29, 0.717) is 24.3 Å². The summed E-state index contributed by atoms with van der Waals surface area (Å²) in [6, 6.07) is 0.0143. The summed E-state index contributed by atoms with van der Waals surface area (Å²) in [6.45, 7) is 3.44. The lowest BCUT2D eigenvalue weighted by molar-refractivity contribution is -0.123. The van der Waals surface area contributed by atoms with E-state index in [1.54, 1.807) is 6.92 Å². The number of hydrogen-bond acceptors (Lipinski definition) is 4. The molecule has 1 saturated carbocycles. The fraction of sp³-hybridized carbons (Fsp3) is 0.643. The fourth-order valence-electron chi connectivity index (χ4n) is 2.65. The standard InChI is InChI=1S/C14H21N3O4/c1-3-11(9-4-10(18)5-9)15-12(19)7-17-6-8(2)13(20)16-14(17)21/h6,9-11,18H,3-5,7H2,1-2H3,(H,15,19)(H,16,20,21)/t9?,10?,11-/m0/s1. The second-order valence-corrected chi connectivity index (χ2v) is 5.67. The number of hydrogen-bond donors (Lipinski definition) is 3. The third kappa shape index (κ3) is 3.60. The average Bonchev–Trinajstić information content (AvgIpc) is 2.39. The number of aromatic amines is 1. The lowest BCUT2D eigenvalue weighted by Crippen LogP contribution is -2.48. The Morgan fingerprint density at radius 3 is 2.76 bits per heavy atom. The van der Waals surface area contributed by atoms with Crippen LogP contribution in [-0.2, 0) is 11.3 Å². The molecule has 1 aromatic rings. The van der Waals surface area contributed by atoms with Gasteiger partial charge in [0.15, 0.2) is 0 Å². The Morgan fingerprint density at radius 2 is 2.19 bits per heavy atom. The van der Waals surface area contributed by atoms with Gasteiger partial charge in [-0.3, -0.25) is 19.1 Å². The second kappa shape index (κ2) is 6.26. The molecule has 1 aliphatic carbocycles. The maximum atomic E-state index is 12.0. The van der Waals surface area contributed by atoms with Crippen molar-refractivity contribution in [2.75, 3.05) is 0 Å². The maximum Gasteiger partial charge on any atom is 0.328 e. The van der Waals surface area contributed by atoms with Crippen molar-refractivity contribution >= 4 is 5.91 Å². The highest BCUT2D eigenvalue weighted by molar-refractivity contribution is 5.76. The van der Waals surface area contributed by atoms with Crippen LogP contribution in [0.15, 0.2) is 15.8 Å². The quantitative estimate of drug-likeness (QED) is 0.682. The molecule has 0 saturated heterocycles. The predicted molar refractivity (Wildman–Crippen MR) is 77.0 cm³/mol. The first-order valence-corrected chi connectivity index (χ1v) is 7.18. The van der Waals surface area contributed by atoms with Crippen LogP contribution < -0.4 is 16.6 Å². The third-order valence-electron chi connectivity index (χ3n) is 4.01. The Balaban J connectivity index is 1.99. The Labute approximate surface area is 122 Å². The molecule has 0 unspecified atom stereocenters. The molecule has 0 radical (unpaired) electrons. The van der Waals surface area contributed by atoms with Crippen LogP contribution in [0.1, 0.15) is 31.7 Å². The van der Waals surface area contributed by atoms with Crippen molar-refractivity contribution in [2.24, 2.45) is 5.92 Å². The molecule has 116 valence electrons. The minimum absolute atomic E-state index is 0.0143. The number of H-pyrrole nitrogens is 1. The minimum Gasteiger partial charge on any atom is -0.393 e. The normalized spacial score (nSPS) is 22.4. The smallest absolute Gasteiger partial charge is 0.328 e. The van der Waals surface area contributed by atoms with Crippen molar-refractivity contribution in [1.82, 2.24) is 14.9 Å². The number of nitrogens with one attached hydrogen (secondary N) is 2. The van der Waals surface area contributed by atoms with E-state index in [9.17, 15) is 19.5 Å². The van der Waals surface area contributed by atoms with Crippen LogP contribution in [0.25, 0.3) is 0 Å². The summed E-state index contributed by atoms with van der Waals surface area (Å²) >= 11 is 0. The zero-order valence-electron chi connectivity index (χ0n) is 12.3. The van der Waals surface area contributed by atoms with Crippen molar-refractivity contribution in [3.05, 3.63) is 32.6 Å². The van der Waals surface area contributed by atoms with Crippen LogP contribution in [-0.4, -0.2) is 32.7 Å². The topological polar surface area (TPSA) is 104 Å². The predicted octanol–water partition coefficient (Wildman–Crippen LogP) is -0.489. The van der Waals surface area contributed by atoms with E-state index in [1.165, 1.54) is 10.8 Å². The van der Waals surface area contributed by atoms with E-state index < -0.39 is 11.2 Å². The highest BCUT2D eigenvalue weighted by Gasteiger charge is 2.33. The molecule has 1 fully saturated rings. The number of aromatic nitrogens is 2. The highest BCUT2D eigenvalue weighted by atomic mass is 16.3. The molecule has 0 aliphatic heterocycles. The third-order valence-corrected chi connectivity index (χ3v) is 4.01. The highest BCUT2D eigenvalue weighted by Crippen LogP contribution is 2.31. The Bertz CT molecular complexity index is 628. The van der Waals surface area contributed by atoms with Gasteiger partial charge >= 0.3 is 5.69 Å². The number of aliphatic hydroxyl groups is 1. The first kappa shape index (κ1) is 15.5. The zero-order chi connectivity index (χ0) is 15.6. The molecule has 0 bridgehead atoms. The molecule has 2 rings (SSSR count). The van der Waals surface area contributed by atoms with Crippen molar-refractivity contribution in [3.63, 3.8) is 0 Å². The fourth-order valence-corrected chi connectivity index (χ4v) is 2.65. The number of aliphatic hydroxyl groups excluding tert-OH is 1. The molecule has 7 nitrogen and oxygen atoms in total. The van der Waals surface area contributed by atoms with Crippen LogP contribution in [0.5, 0.6) is 0 Å². The van der Waals surface area contributed by atoms with Crippen LogP contribution in [0.2, 0.25) is 0 Å². The minimum atomic E-state index is -0.590. The number of nitrogens with zero attached hydrogens (tertiary/aromatic N) is 1. The summed E-state index contributed by atoms with van der Waals surface area (Å²) in [5.74, 6) is 0.0276. The van der Waals surface area contributed by atoms with Gasteiger partial charge in [0, 0.05) is 17.8 Å². The van der Waals surface area contributed by atoms with E-state index >= 15 is 0 Å². The first-order valence-electron chi connectivity index (χ1n) is 7.18. The van der Waals surface area contributed by atoms with Crippen LogP contribution in [0.3, 0.4) is 0 Å². The molecular formula is C14H21N3O4. The van der Waals surface area contributed by atoms with Gasteiger partial charge in [0.05, 0.1) is 6.10 Å². The molecule has 1 atom stereocenters. The number of carbonyl (C=O) groups excluding carboxylic acids is 1. The molecule has 0 aromatic carbocycles. The summed E-state index contributed by atoms with van der Waals surface area (Å²) in [5, 5.41) is 12.2. The van der Waals surface area contributed by atoms with Crippen molar-refractivity contribution < 1.29 is 9.90 Å². The van der Waals surface area contributed by atoms with Crippen LogP contribution in [0.4, 0.5) is 0 Å². The van der Waals surface area contributed by atoms with Crippen molar-refractivity contribution in [2.45, 2.75) is 51.8 Å². The lowest BCUT2D eigenvalue weighted by atomic mass is 9.76. The summed E-state index contributed by atoms with van der Waals surface area (Å²) in [4.78, 5) is 37.1. The Hall–Kier alpha value is -1.89. The number of rotatable bonds is 5. The largest absolute Gasteiger partial charge is 0.393 e. The Kier molecular flexibility index (Phi) is 4.62. The molecule has 1 amide bonds. The average molecular weight is 295 g/mol. The maximum absolute atomic E-state index is 12.0. The SMILES string of the molecule is CC[C@H](NC(=O)Cn1cc(C)c(=O)[nH]c1=O)C1CC(O)C1. The van der Waals surface area contributed by atoms with Gasteiger partial charge in [0.25, 0.3) is 5.56 Å².